The van der Waals surface area contributed by atoms with Crippen LogP contribution in [0.2, 0.25) is 0 Å². The minimum Gasteiger partial charge on any atom is -0.497 e. The molecule has 1 fully saturated rings. The van der Waals surface area contributed by atoms with Gasteiger partial charge >= 0.3 is 6.09 Å². The normalized spacial score (nSPS) is 13.9. The Bertz CT molecular complexity index is 1520. The topological polar surface area (TPSA) is 122 Å². The molecule has 12 heteroatoms. The minimum absolute atomic E-state index is 0.0133. The number of thiazole rings is 1. The lowest BCUT2D eigenvalue weighted by molar-refractivity contribution is 0.0225. The molecule has 0 radical (unpaired) electrons. The van der Waals surface area contributed by atoms with Crippen LogP contribution in [0.5, 0.6) is 11.6 Å². The van der Waals surface area contributed by atoms with Crippen molar-refractivity contribution in [3.8, 4) is 16.8 Å². The van der Waals surface area contributed by atoms with E-state index in [1.54, 1.807) is 52.7 Å². The van der Waals surface area contributed by atoms with E-state index < -0.39 is 11.5 Å². The van der Waals surface area contributed by atoms with Crippen LogP contribution in [0.3, 0.4) is 0 Å². The predicted molar refractivity (Wildman–Crippen MR) is 149 cm³/mol. The van der Waals surface area contributed by atoms with Crippen LogP contribution in [0.15, 0.2) is 48.2 Å². The fourth-order valence-electron chi connectivity index (χ4n) is 4.34. The van der Waals surface area contributed by atoms with Gasteiger partial charge in [0, 0.05) is 41.6 Å². The van der Waals surface area contributed by atoms with E-state index in [4.69, 9.17) is 9.47 Å². The number of pyridine rings is 1. The third-order valence-corrected chi connectivity index (χ3v) is 7.00. The average molecular weight is 551 g/mol. The second-order valence-electron chi connectivity index (χ2n) is 10.1. The molecule has 4 aromatic rings. The smallest absolute Gasteiger partial charge is 0.411 e. The molecule has 5 rings (SSSR count). The number of benzene rings is 1. The number of nitrogens with one attached hydrogen (secondary N) is 1. The molecule has 204 valence electrons. The molecule has 0 bridgehead atoms. The summed E-state index contributed by atoms with van der Waals surface area (Å²) in [6, 6.07) is 7.21. The van der Waals surface area contributed by atoms with Gasteiger partial charge in [0.25, 0.3) is 5.91 Å². The first-order chi connectivity index (χ1) is 18.6. The monoisotopic (exact) mass is 550 g/mol. The number of ether oxygens (including phenoxy) is 2. The van der Waals surface area contributed by atoms with Crippen LogP contribution >= 0.6 is 11.3 Å². The van der Waals surface area contributed by atoms with Crippen molar-refractivity contribution in [2.75, 3.05) is 37.1 Å². The molecule has 2 N–H and O–H groups in total. The molecule has 3 aromatic heterocycles. The van der Waals surface area contributed by atoms with E-state index in [0.717, 1.165) is 17.5 Å². The van der Waals surface area contributed by atoms with Gasteiger partial charge in [-0.1, -0.05) is 0 Å². The first kappa shape index (κ1) is 26.3. The number of carbonyl (C=O) groups is 2. The molecule has 0 atom stereocenters. The highest BCUT2D eigenvalue weighted by atomic mass is 32.1. The number of fused-ring (bicyclic) bond motifs is 1. The van der Waals surface area contributed by atoms with Crippen molar-refractivity contribution >= 4 is 45.5 Å². The van der Waals surface area contributed by atoms with Gasteiger partial charge < -0.3 is 24.8 Å². The van der Waals surface area contributed by atoms with E-state index in [1.807, 2.05) is 37.8 Å². The van der Waals surface area contributed by atoms with E-state index >= 15 is 0 Å². The second kappa shape index (κ2) is 10.4. The molecule has 1 saturated heterocycles. The van der Waals surface area contributed by atoms with Crippen molar-refractivity contribution < 1.29 is 24.2 Å². The number of hydrogen-bond acceptors (Lipinski definition) is 9. The summed E-state index contributed by atoms with van der Waals surface area (Å²) in [4.78, 5) is 38.1. The van der Waals surface area contributed by atoms with E-state index in [0.29, 0.717) is 41.7 Å². The molecule has 0 saturated carbocycles. The third-order valence-electron chi connectivity index (χ3n) is 6.16. The van der Waals surface area contributed by atoms with Gasteiger partial charge in [0.1, 0.15) is 17.0 Å². The average Bonchev–Trinajstić information content (AvgIpc) is 3.53. The predicted octanol–water partition coefficient (Wildman–Crippen LogP) is 4.85. The number of amides is 2. The van der Waals surface area contributed by atoms with E-state index in [1.165, 1.54) is 11.3 Å². The fourth-order valence-corrected chi connectivity index (χ4v) is 5.12. The Morgan fingerprint density at radius 1 is 1.18 bits per heavy atom. The Hall–Kier alpha value is -4.32. The molecule has 39 heavy (non-hydrogen) atoms. The number of aromatic hydroxyl groups is 1. The summed E-state index contributed by atoms with van der Waals surface area (Å²) in [7, 11) is 1.57. The molecule has 1 aliphatic rings. The molecule has 1 aromatic carbocycles. The lowest BCUT2D eigenvalue weighted by Crippen LogP contribution is -2.49. The molecule has 4 heterocycles. The maximum absolute atomic E-state index is 13.2. The van der Waals surface area contributed by atoms with Gasteiger partial charge in [0.2, 0.25) is 5.88 Å². The van der Waals surface area contributed by atoms with Crippen LogP contribution < -0.4 is 15.0 Å². The SMILES string of the molecule is COc1ccc2cn(-c3nc(C(=O)Nc4cnccc4N4CCCN(C(=O)OC(C)(C)C)C4)cs3)c(O)c2c1. The Morgan fingerprint density at radius 2 is 2.00 bits per heavy atom. The number of rotatable bonds is 5. The summed E-state index contributed by atoms with van der Waals surface area (Å²) in [5, 5.41) is 17.2. The van der Waals surface area contributed by atoms with Gasteiger partial charge in [0.05, 0.1) is 31.4 Å². The largest absolute Gasteiger partial charge is 0.497 e. The van der Waals surface area contributed by atoms with Gasteiger partial charge in [0.15, 0.2) is 5.13 Å². The highest BCUT2D eigenvalue weighted by Crippen LogP contribution is 2.34. The quantitative estimate of drug-likeness (QED) is 0.362. The minimum atomic E-state index is -0.585. The first-order valence-electron chi connectivity index (χ1n) is 12.4. The van der Waals surface area contributed by atoms with Crippen LogP contribution in [0.1, 0.15) is 37.7 Å². The number of nitrogens with zero attached hydrogens (tertiary/aromatic N) is 5. The maximum Gasteiger partial charge on any atom is 0.411 e. The van der Waals surface area contributed by atoms with Crippen molar-refractivity contribution in [3.05, 3.63) is 53.9 Å². The molecule has 11 nitrogen and oxygen atoms in total. The van der Waals surface area contributed by atoms with Gasteiger partial charge in [-0.2, -0.15) is 0 Å². The first-order valence-corrected chi connectivity index (χ1v) is 13.3. The van der Waals surface area contributed by atoms with E-state index in [2.05, 4.69) is 15.3 Å². The highest BCUT2D eigenvalue weighted by molar-refractivity contribution is 7.12. The van der Waals surface area contributed by atoms with Crippen LogP contribution in [0.25, 0.3) is 15.9 Å². The molecule has 0 aliphatic carbocycles. The lowest BCUT2D eigenvalue weighted by atomic mass is 10.2. The Labute approximate surface area is 229 Å². The fraction of sp³-hybridized carbons (Fsp3) is 0.333. The maximum atomic E-state index is 13.2. The van der Waals surface area contributed by atoms with Crippen molar-refractivity contribution in [1.82, 2.24) is 19.4 Å². The van der Waals surface area contributed by atoms with Gasteiger partial charge in [-0.15, -0.1) is 11.3 Å². The van der Waals surface area contributed by atoms with E-state index in [-0.39, 0.29) is 17.7 Å². The summed E-state index contributed by atoms with van der Waals surface area (Å²) in [6.07, 6.45) is 5.36. The van der Waals surface area contributed by atoms with Crippen molar-refractivity contribution in [2.45, 2.75) is 32.8 Å². The molecular weight excluding hydrogens is 520 g/mol. The zero-order chi connectivity index (χ0) is 27.7. The van der Waals surface area contributed by atoms with Gasteiger partial charge in [-0.25, -0.2) is 9.78 Å². The molecule has 0 spiro atoms. The standard InChI is InChI=1S/C27H30N6O5S/c1-27(2,3)38-26(36)32-11-5-10-31(16-32)22-8-9-28-13-20(22)29-23(34)21-15-39-25(30-21)33-14-17-6-7-18(37-4)12-19(17)24(33)35/h6-9,12-15,35H,5,10-11,16H2,1-4H3,(H,29,34). The van der Waals surface area contributed by atoms with Gasteiger partial charge in [-0.3, -0.25) is 19.2 Å². The summed E-state index contributed by atoms with van der Waals surface area (Å²) in [5.74, 6) is 0.231. The van der Waals surface area contributed by atoms with Crippen LogP contribution in [-0.4, -0.2) is 69.0 Å². The lowest BCUT2D eigenvalue weighted by Gasteiger charge is -2.38. The zero-order valence-corrected chi connectivity index (χ0v) is 23.0. The molecule has 0 unspecified atom stereocenters. The van der Waals surface area contributed by atoms with Crippen molar-refractivity contribution in [1.29, 1.82) is 0 Å². The molecule has 2 amide bonds. The third kappa shape index (κ3) is 5.60. The number of carbonyl (C=O) groups excluding carboxylic acids is 2. The van der Waals surface area contributed by atoms with E-state index in [9.17, 15) is 14.7 Å². The summed E-state index contributed by atoms with van der Waals surface area (Å²) < 4.78 is 12.3. The van der Waals surface area contributed by atoms with Crippen LogP contribution in [0, 0.1) is 0 Å². The highest BCUT2D eigenvalue weighted by Gasteiger charge is 2.28. The number of methoxy groups -OCH3 is 1. The zero-order valence-electron chi connectivity index (χ0n) is 22.2. The van der Waals surface area contributed by atoms with Crippen molar-refractivity contribution in [2.24, 2.45) is 0 Å². The Balaban J connectivity index is 1.33. The van der Waals surface area contributed by atoms with Crippen molar-refractivity contribution in [3.63, 3.8) is 0 Å². The number of anilines is 2. The summed E-state index contributed by atoms with van der Waals surface area (Å²) in [5.41, 5.74) is 0.863. The summed E-state index contributed by atoms with van der Waals surface area (Å²) in [6.45, 7) is 7.14. The molecule has 1 aliphatic heterocycles. The Kier molecular flexibility index (Phi) is 7.04. The second-order valence-corrected chi connectivity index (χ2v) is 11.0. The van der Waals surface area contributed by atoms with Crippen LogP contribution in [-0.2, 0) is 4.74 Å². The summed E-state index contributed by atoms with van der Waals surface area (Å²) >= 11 is 1.24. The van der Waals surface area contributed by atoms with Gasteiger partial charge in [-0.05, 0) is 51.5 Å². The van der Waals surface area contributed by atoms with Crippen LogP contribution in [0.4, 0.5) is 16.2 Å². The molecular formula is C27H30N6O5S. The number of aromatic nitrogens is 3. The Morgan fingerprint density at radius 3 is 2.77 bits per heavy atom. The number of hydrogen-bond donors (Lipinski definition) is 2.